The Bertz CT molecular complexity index is 338. The van der Waals surface area contributed by atoms with E-state index >= 15 is 0 Å². The third-order valence-electron chi connectivity index (χ3n) is 2.27. The zero-order chi connectivity index (χ0) is 12.0. The minimum atomic E-state index is -9.45. The lowest BCUT2D eigenvalue weighted by atomic mass is 9.99. The minimum Gasteiger partial charge on any atom is -0.391 e. The minimum absolute atomic E-state index is 0.466. The first-order valence-corrected chi connectivity index (χ1v) is 6.22. The molecule has 0 radical (unpaired) electrons. The van der Waals surface area contributed by atoms with E-state index in [0.29, 0.717) is 11.8 Å². The van der Waals surface area contributed by atoms with Gasteiger partial charge >= 0.3 is 10.2 Å². The highest BCUT2D eigenvalue weighted by molar-refractivity contribution is 8.48. The van der Waals surface area contributed by atoms with Crippen molar-refractivity contribution >= 4 is 10.2 Å². The van der Waals surface area contributed by atoms with Gasteiger partial charge in [0.1, 0.15) is 0 Å². The second-order valence-corrected chi connectivity index (χ2v) is 6.04. The van der Waals surface area contributed by atoms with Crippen molar-refractivity contribution < 1.29 is 19.4 Å². The van der Waals surface area contributed by atoms with Crippen LogP contribution in [0.1, 0.15) is 13.3 Å². The molecule has 1 rings (SSSR count). The van der Waals surface area contributed by atoms with Crippen LogP contribution in [0.2, 0.25) is 0 Å². The van der Waals surface area contributed by atoms with Crippen molar-refractivity contribution in [2.45, 2.75) is 13.3 Å². The molecule has 0 saturated heterocycles. The third kappa shape index (κ3) is 2.87. The number of hydrogen-bond donors (Lipinski definition) is 1. The summed E-state index contributed by atoms with van der Waals surface area (Å²) in [6, 6.07) is 0. The molecule has 0 aromatic carbocycles. The Balaban J connectivity index is 3.15. The van der Waals surface area contributed by atoms with E-state index in [-0.39, 0.29) is 0 Å². The Kier molecular flexibility index (Phi) is 2.22. The molecule has 0 amide bonds. The van der Waals surface area contributed by atoms with Gasteiger partial charge in [0, 0.05) is 18.7 Å². The fourth-order valence-corrected chi connectivity index (χ4v) is 2.33. The van der Waals surface area contributed by atoms with Crippen molar-refractivity contribution in [3.63, 3.8) is 0 Å². The van der Waals surface area contributed by atoms with Gasteiger partial charge in [0.2, 0.25) is 0 Å². The van der Waals surface area contributed by atoms with Crippen LogP contribution in [0, 0.1) is 5.92 Å². The standard InChI is InChI=1S/C8H12F5NS/c1-6-5-7(3-4-8(6)14-2)15(9,10,11,12)13/h3-4,6,14H,5H2,1-2H3. The smallest absolute Gasteiger partial charge is 0.307 e. The monoisotopic (exact) mass is 249 g/mol. The Morgan fingerprint density at radius 1 is 1.20 bits per heavy atom. The van der Waals surface area contributed by atoms with Crippen LogP contribution in [0.25, 0.3) is 0 Å². The molecule has 1 aliphatic carbocycles. The lowest BCUT2D eigenvalue weighted by Gasteiger charge is -2.44. The summed E-state index contributed by atoms with van der Waals surface area (Å²) in [7, 11) is -7.91. The molecule has 15 heavy (non-hydrogen) atoms. The predicted octanol–water partition coefficient (Wildman–Crippen LogP) is 4.31. The average Bonchev–Trinajstić information content (AvgIpc) is 2.00. The Morgan fingerprint density at radius 2 is 1.73 bits per heavy atom. The van der Waals surface area contributed by atoms with E-state index in [4.69, 9.17) is 0 Å². The summed E-state index contributed by atoms with van der Waals surface area (Å²) >= 11 is 0. The summed E-state index contributed by atoms with van der Waals surface area (Å²) in [5.41, 5.74) is 0.528. The Labute approximate surface area is 84.8 Å². The molecule has 0 fully saturated rings. The van der Waals surface area contributed by atoms with Crippen LogP contribution < -0.4 is 5.32 Å². The molecule has 0 aromatic heterocycles. The van der Waals surface area contributed by atoms with Gasteiger partial charge in [-0.3, -0.25) is 0 Å². The molecule has 1 unspecified atom stereocenters. The van der Waals surface area contributed by atoms with Crippen molar-refractivity contribution in [2.75, 3.05) is 7.05 Å². The molecule has 1 atom stereocenters. The molecule has 0 aromatic rings. The van der Waals surface area contributed by atoms with Gasteiger partial charge in [-0.1, -0.05) is 26.4 Å². The summed E-state index contributed by atoms with van der Waals surface area (Å²) in [5, 5.41) is 2.67. The number of nitrogens with one attached hydrogen (secondary N) is 1. The molecule has 0 spiro atoms. The number of rotatable bonds is 2. The van der Waals surface area contributed by atoms with E-state index in [1.54, 1.807) is 7.05 Å². The van der Waals surface area contributed by atoms with Crippen LogP contribution in [-0.2, 0) is 0 Å². The molecule has 1 nitrogen and oxygen atoms in total. The zero-order valence-corrected chi connectivity index (χ0v) is 9.05. The molecule has 1 aliphatic rings. The molecular formula is C8H12F5NS. The fourth-order valence-electron chi connectivity index (χ4n) is 1.44. The van der Waals surface area contributed by atoms with Crippen LogP contribution in [0.3, 0.4) is 0 Å². The van der Waals surface area contributed by atoms with Crippen LogP contribution in [-0.4, -0.2) is 7.05 Å². The maximum absolute atomic E-state index is 12.4. The van der Waals surface area contributed by atoms with Crippen molar-refractivity contribution in [2.24, 2.45) is 5.92 Å². The molecule has 1 N–H and O–H groups in total. The van der Waals surface area contributed by atoms with Crippen molar-refractivity contribution in [1.29, 1.82) is 0 Å². The summed E-state index contributed by atoms with van der Waals surface area (Å²) in [4.78, 5) is -1.69. The quantitative estimate of drug-likeness (QED) is 0.719. The highest BCUT2D eigenvalue weighted by Gasteiger charge is 2.66. The maximum atomic E-state index is 12.4. The van der Waals surface area contributed by atoms with Crippen molar-refractivity contribution in [3.8, 4) is 0 Å². The lowest BCUT2D eigenvalue weighted by Crippen LogP contribution is -2.20. The maximum Gasteiger partial charge on any atom is 0.307 e. The molecule has 0 aliphatic heterocycles. The van der Waals surface area contributed by atoms with Crippen LogP contribution in [0.15, 0.2) is 22.8 Å². The zero-order valence-electron chi connectivity index (χ0n) is 8.24. The number of halogens is 5. The summed E-state index contributed by atoms with van der Waals surface area (Å²) < 4.78 is 61.9. The van der Waals surface area contributed by atoms with Crippen LogP contribution in [0.5, 0.6) is 0 Å². The first-order valence-electron chi connectivity index (χ1n) is 4.26. The van der Waals surface area contributed by atoms with E-state index in [9.17, 15) is 19.4 Å². The summed E-state index contributed by atoms with van der Waals surface area (Å²) in [5.74, 6) is -0.571. The SMILES string of the molecule is CNC1=CC=C(S(F)(F)(F)(F)F)CC1C. The van der Waals surface area contributed by atoms with E-state index in [1.165, 1.54) is 6.92 Å². The average molecular weight is 249 g/mol. The number of hydrogen-bond acceptors (Lipinski definition) is 1. The summed E-state index contributed by atoms with van der Waals surface area (Å²) in [6.45, 7) is 1.47. The van der Waals surface area contributed by atoms with Gasteiger partial charge in [-0.25, -0.2) is 0 Å². The van der Waals surface area contributed by atoms with E-state index in [2.05, 4.69) is 5.32 Å². The molecular weight excluding hydrogens is 237 g/mol. The van der Waals surface area contributed by atoms with Gasteiger partial charge in [0.15, 0.2) is 0 Å². The first kappa shape index (κ1) is 12.4. The molecule has 7 heteroatoms. The first-order chi connectivity index (χ1) is 6.44. The normalized spacial score (nSPS) is 27.3. The van der Waals surface area contributed by atoms with Gasteiger partial charge in [-0.2, -0.15) is 0 Å². The van der Waals surface area contributed by atoms with Gasteiger partial charge < -0.3 is 5.32 Å². The van der Waals surface area contributed by atoms with E-state index in [1.807, 2.05) is 0 Å². The second-order valence-electron chi connectivity index (χ2n) is 3.58. The van der Waals surface area contributed by atoms with Crippen LogP contribution in [0.4, 0.5) is 19.4 Å². The fraction of sp³-hybridized carbons (Fsp3) is 0.500. The van der Waals surface area contributed by atoms with E-state index in [0.717, 1.165) is 6.08 Å². The highest BCUT2D eigenvalue weighted by Crippen LogP contribution is 3.02. The Morgan fingerprint density at radius 3 is 2.07 bits per heavy atom. The Hall–Kier alpha value is -0.720. The van der Waals surface area contributed by atoms with Crippen molar-refractivity contribution in [3.05, 3.63) is 22.8 Å². The summed E-state index contributed by atoms with van der Waals surface area (Å²) in [6.07, 6.45) is 0.847. The topological polar surface area (TPSA) is 12.0 Å². The molecule has 0 heterocycles. The largest absolute Gasteiger partial charge is 0.391 e. The van der Waals surface area contributed by atoms with Crippen molar-refractivity contribution in [1.82, 2.24) is 5.32 Å². The van der Waals surface area contributed by atoms with Gasteiger partial charge in [0.05, 0.1) is 4.91 Å². The van der Waals surface area contributed by atoms with E-state index < -0.39 is 27.5 Å². The van der Waals surface area contributed by atoms with Gasteiger partial charge in [-0.05, 0) is 18.6 Å². The van der Waals surface area contributed by atoms with Gasteiger partial charge in [-0.15, -0.1) is 0 Å². The molecule has 0 bridgehead atoms. The highest BCUT2D eigenvalue weighted by atomic mass is 32.5. The number of allylic oxidation sites excluding steroid dienone is 4. The molecule has 0 saturated carbocycles. The van der Waals surface area contributed by atoms with Crippen LogP contribution >= 0.6 is 10.2 Å². The molecule has 90 valence electrons. The lowest BCUT2D eigenvalue weighted by molar-refractivity contribution is 0.372. The third-order valence-corrected chi connectivity index (χ3v) is 3.56. The second kappa shape index (κ2) is 2.69. The van der Waals surface area contributed by atoms with Gasteiger partial charge in [0.25, 0.3) is 0 Å². The predicted molar refractivity (Wildman–Crippen MR) is 52.1 cm³/mol.